The molecule has 2 aromatic heterocycles. The van der Waals surface area contributed by atoms with Crippen molar-refractivity contribution in [1.82, 2.24) is 15.2 Å². The predicted octanol–water partition coefficient (Wildman–Crippen LogP) is 2.52. The Morgan fingerprint density at radius 1 is 1.26 bits per heavy atom. The van der Waals surface area contributed by atoms with E-state index in [1.807, 2.05) is 31.2 Å². The number of pyridine rings is 1. The van der Waals surface area contributed by atoms with Crippen LogP contribution in [0.1, 0.15) is 15.9 Å². The highest BCUT2D eigenvalue weighted by molar-refractivity contribution is 6.05. The lowest BCUT2D eigenvalue weighted by molar-refractivity contribution is 0.102. The Bertz CT molecular complexity index is 748. The molecule has 0 saturated heterocycles. The van der Waals surface area contributed by atoms with Crippen LogP contribution in [0.3, 0.4) is 0 Å². The minimum Gasteiger partial charge on any atom is -0.322 e. The average molecular weight is 252 g/mol. The summed E-state index contributed by atoms with van der Waals surface area (Å²) < 4.78 is 0. The minimum absolute atomic E-state index is 0.176. The van der Waals surface area contributed by atoms with Crippen molar-refractivity contribution < 1.29 is 4.79 Å². The van der Waals surface area contributed by atoms with E-state index in [1.165, 1.54) is 6.20 Å². The first-order valence-corrected chi connectivity index (χ1v) is 5.90. The van der Waals surface area contributed by atoms with Crippen molar-refractivity contribution in [3.05, 3.63) is 53.9 Å². The second kappa shape index (κ2) is 4.53. The molecule has 2 heterocycles. The maximum absolute atomic E-state index is 12.2. The van der Waals surface area contributed by atoms with E-state index in [1.54, 1.807) is 12.3 Å². The number of hydrogen-bond donors (Lipinski definition) is 2. The van der Waals surface area contributed by atoms with E-state index in [9.17, 15) is 4.79 Å². The topological polar surface area (TPSA) is 70.7 Å². The number of para-hydroxylation sites is 1. The first kappa shape index (κ1) is 11.4. The zero-order valence-electron chi connectivity index (χ0n) is 10.3. The molecule has 5 heteroatoms. The van der Waals surface area contributed by atoms with Gasteiger partial charge >= 0.3 is 0 Å². The van der Waals surface area contributed by atoms with E-state index in [2.05, 4.69) is 20.5 Å². The van der Waals surface area contributed by atoms with Gasteiger partial charge in [-0.15, -0.1) is 0 Å². The number of carbonyl (C=O) groups is 1. The van der Waals surface area contributed by atoms with Gasteiger partial charge in [0.05, 0.1) is 11.8 Å². The summed E-state index contributed by atoms with van der Waals surface area (Å²) in [4.78, 5) is 16.3. The Morgan fingerprint density at radius 3 is 2.95 bits per heavy atom. The fourth-order valence-corrected chi connectivity index (χ4v) is 1.87. The first-order chi connectivity index (χ1) is 9.24. The standard InChI is InChI=1S/C14H12N4O/c1-9-4-2-3-5-12(9)17-14(19)11-6-10-8-16-18-13(10)15-7-11/h2-8H,1H3,(H,17,19)(H,15,16,18). The van der Waals surface area contributed by atoms with Crippen LogP contribution in [0.4, 0.5) is 5.69 Å². The Labute approximate surface area is 109 Å². The lowest BCUT2D eigenvalue weighted by Crippen LogP contribution is -2.12. The number of fused-ring (bicyclic) bond motifs is 1. The number of H-pyrrole nitrogens is 1. The Balaban J connectivity index is 1.89. The molecule has 19 heavy (non-hydrogen) atoms. The molecule has 3 rings (SSSR count). The quantitative estimate of drug-likeness (QED) is 0.736. The molecule has 5 nitrogen and oxygen atoms in total. The van der Waals surface area contributed by atoms with Crippen LogP contribution in [0.2, 0.25) is 0 Å². The van der Waals surface area contributed by atoms with Gasteiger partial charge in [0.2, 0.25) is 0 Å². The number of nitrogens with zero attached hydrogens (tertiary/aromatic N) is 2. The van der Waals surface area contributed by atoms with Gasteiger partial charge in [0, 0.05) is 17.3 Å². The Kier molecular flexibility index (Phi) is 2.72. The van der Waals surface area contributed by atoms with Crippen molar-refractivity contribution in [3.63, 3.8) is 0 Å². The van der Waals surface area contributed by atoms with Crippen LogP contribution >= 0.6 is 0 Å². The van der Waals surface area contributed by atoms with Crippen molar-refractivity contribution >= 4 is 22.6 Å². The smallest absolute Gasteiger partial charge is 0.257 e. The van der Waals surface area contributed by atoms with Crippen LogP contribution in [0.25, 0.3) is 11.0 Å². The Morgan fingerprint density at radius 2 is 2.11 bits per heavy atom. The normalized spacial score (nSPS) is 10.6. The van der Waals surface area contributed by atoms with Gasteiger partial charge in [0.25, 0.3) is 5.91 Å². The summed E-state index contributed by atoms with van der Waals surface area (Å²) in [7, 11) is 0. The molecule has 0 bridgehead atoms. The van der Waals surface area contributed by atoms with Crippen molar-refractivity contribution in [2.45, 2.75) is 6.92 Å². The van der Waals surface area contributed by atoms with Crippen molar-refractivity contribution in [2.24, 2.45) is 0 Å². The molecule has 0 radical (unpaired) electrons. The summed E-state index contributed by atoms with van der Waals surface area (Å²) in [6.45, 7) is 1.95. The molecular formula is C14H12N4O. The van der Waals surface area contributed by atoms with Crippen LogP contribution < -0.4 is 5.32 Å². The van der Waals surface area contributed by atoms with Crippen molar-refractivity contribution in [2.75, 3.05) is 5.32 Å². The average Bonchev–Trinajstić information content (AvgIpc) is 2.88. The molecule has 0 aliphatic carbocycles. The van der Waals surface area contributed by atoms with Crippen molar-refractivity contribution in [1.29, 1.82) is 0 Å². The summed E-state index contributed by atoms with van der Waals surface area (Å²) >= 11 is 0. The van der Waals surface area contributed by atoms with Gasteiger partial charge in [-0.25, -0.2) is 4.98 Å². The van der Waals surface area contributed by atoms with Crippen LogP contribution in [0, 0.1) is 6.92 Å². The number of nitrogens with one attached hydrogen (secondary N) is 2. The third-order valence-corrected chi connectivity index (χ3v) is 2.95. The lowest BCUT2D eigenvalue weighted by Gasteiger charge is -2.07. The summed E-state index contributed by atoms with van der Waals surface area (Å²) in [5.74, 6) is -0.176. The van der Waals surface area contributed by atoms with Crippen LogP contribution in [0.15, 0.2) is 42.7 Å². The van der Waals surface area contributed by atoms with Gasteiger partial charge in [-0.3, -0.25) is 9.89 Å². The van der Waals surface area contributed by atoms with Gasteiger partial charge < -0.3 is 5.32 Å². The maximum atomic E-state index is 12.2. The molecular weight excluding hydrogens is 240 g/mol. The molecule has 2 N–H and O–H groups in total. The third-order valence-electron chi connectivity index (χ3n) is 2.95. The number of rotatable bonds is 2. The summed E-state index contributed by atoms with van der Waals surface area (Å²) in [5.41, 5.74) is 3.01. The number of anilines is 1. The number of amides is 1. The fraction of sp³-hybridized carbons (Fsp3) is 0.0714. The maximum Gasteiger partial charge on any atom is 0.257 e. The van der Waals surface area contributed by atoms with Gasteiger partial charge in [-0.1, -0.05) is 18.2 Å². The zero-order chi connectivity index (χ0) is 13.2. The van der Waals surface area contributed by atoms with Crippen LogP contribution in [-0.2, 0) is 0 Å². The molecule has 1 amide bonds. The third kappa shape index (κ3) is 2.18. The number of benzene rings is 1. The lowest BCUT2D eigenvalue weighted by atomic mass is 10.2. The van der Waals surface area contributed by atoms with Crippen LogP contribution in [0.5, 0.6) is 0 Å². The Hall–Kier alpha value is -2.69. The molecule has 0 atom stereocenters. The van der Waals surface area contributed by atoms with Crippen LogP contribution in [-0.4, -0.2) is 21.1 Å². The van der Waals surface area contributed by atoms with E-state index in [-0.39, 0.29) is 5.91 Å². The predicted molar refractivity (Wildman–Crippen MR) is 73.0 cm³/mol. The van der Waals surface area contributed by atoms with E-state index in [0.717, 1.165) is 16.6 Å². The van der Waals surface area contributed by atoms with Crippen molar-refractivity contribution in [3.8, 4) is 0 Å². The molecule has 0 aliphatic heterocycles. The summed E-state index contributed by atoms with van der Waals surface area (Å²) in [5, 5.41) is 10.3. The molecule has 0 spiro atoms. The molecule has 0 unspecified atom stereocenters. The monoisotopic (exact) mass is 252 g/mol. The van der Waals surface area contributed by atoms with Gasteiger partial charge in [0.1, 0.15) is 0 Å². The second-order valence-electron chi connectivity index (χ2n) is 4.30. The number of aromatic amines is 1. The minimum atomic E-state index is -0.176. The van der Waals surface area contributed by atoms with E-state index in [0.29, 0.717) is 11.2 Å². The van der Waals surface area contributed by atoms with Gasteiger partial charge in [-0.2, -0.15) is 5.10 Å². The first-order valence-electron chi connectivity index (χ1n) is 5.90. The number of carbonyl (C=O) groups excluding carboxylic acids is 1. The number of hydrogen-bond acceptors (Lipinski definition) is 3. The van der Waals surface area contributed by atoms with E-state index >= 15 is 0 Å². The van der Waals surface area contributed by atoms with Gasteiger partial charge in [0.15, 0.2) is 5.65 Å². The molecule has 1 aromatic carbocycles. The molecule has 0 fully saturated rings. The molecule has 94 valence electrons. The SMILES string of the molecule is Cc1ccccc1NC(=O)c1cnc2[nH]ncc2c1. The van der Waals surface area contributed by atoms with Gasteiger partial charge in [-0.05, 0) is 24.6 Å². The molecule has 0 aliphatic rings. The zero-order valence-corrected chi connectivity index (χ0v) is 10.3. The number of aryl methyl sites for hydroxylation is 1. The van der Waals surface area contributed by atoms with E-state index in [4.69, 9.17) is 0 Å². The highest BCUT2D eigenvalue weighted by atomic mass is 16.1. The second-order valence-corrected chi connectivity index (χ2v) is 4.30. The highest BCUT2D eigenvalue weighted by Gasteiger charge is 2.09. The number of aromatic nitrogens is 3. The highest BCUT2D eigenvalue weighted by Crippen LogP contribution is 2.16. The molecule has 0 saturated carbocycles. The van der Waals surface area contributed by atoms with E-state index < -0.39 is 0 Å². The summed E-state index contributed by atoms with van der Waals surface area (Å²) in [6.07, 6.45) is 3.18. The largest absolute Gasteiger partial charge is 0.322 e. The fourth-order valence-electron chi connectivity index (χ4n) is 1.87. The molecule has 3 aromatic rings. The summed E-state index contributed by atoms with van der Waals surface area (Å²) in [6, 6.07) is 9.41.